The molecule has 1 amide bonds. The number of carbonyl (C=O) groups excluding carboxylic acids is 1. The highest BCUT2D eigenvalue weighted by atomic mass is 32.2. The molecule has 2 rings (SSSR count). The SMILES string of the molecule is Cc1cnc(C(=O)Nc2ccc(NS(C)(=O)=O)cc2)cn1. The summed E-state index contributed by atoms with van der Waals surface area (Å²) in [7, 11) is -3.32. The number of hydrogen-bond acceptors (Lipinski definition) is 5. The van der Waals surface area contributed by atoms with Crippen molar-refractivity contribution in [2.75, 3.05) is 16.3 Å². The van der Waals surface area contributed by atoms with Crippen LogP contribution < -0.4 is 10.0 Å². The van der Waals surface area contributed by atoms with E-state index in [9.17, 15) is 13.2 Å². The fourth-order valence-electron chi connectivity index (χ4n) is 1.54. The number of nitrogens with zero attached hydrogens (tertiary/aromatic N) is 2. The summed E-state index contributed by atoms with van der Waals surface area (Å²) in [5.41, 5.74) is 1.88. The molecule has 1 aromatic carbocycles. The van der Waals surface area contributed by atoms with Crippen LogP contribution in [-0.2, 0) is 10.0 Å². The van der Waals surface area contributed by atoms with Gasteiger partial charge in [-0.05, 0) is 31.2 Å². The lowest BCUT2D eigenvalue weighted by atomic mass is 10.3. The second kappa shape index (κ2) is 5.88. The second-order valence-electron chi connectivity index (χ2n) is 4.45. The van der Waals surface area contributed by atoms with Gasteiger partial charge in [0.15, 0.2) is 0 Å². The Bertz CT molecular complexity index is 740. The third-order valence-corrected chi connectivity index (χ3v) is 3.07. The fraction of sp³-hybridized carbons (Fsp3) is 0.154. The molecule has 0 spiro atoms. The minimum atomic E-state index is -3.32. The molecule has 0 aliphatic carbocycles. The van der Waals surface area contributed by atoms with Gasteiger partial charge < -0.3 is 5.32 Å². The molecular weight excluding hydrogens is 292 g/mol. The number of amides is 1. The largest absolute Gasteiger partial charge is 0.321 e. The number of benzene rings is 1. The molecule has 1 heterocycles. The Labute approximate surface area is 122 Å². The van der Waals surface area contributed by atoms with E-state index in [1.807, 2.05) is 0 Å². The molecule has 1 aromatic heterocycles. The van der Waals surface area contributed by atoms with Crippen molar-refractivity contribution in [1.29, 1.82) is 0 Å². The van der Waals surface area contributed by atoms with Crippen molar-refractivity contribution in [2.24, 2.45) is 0 Å². The van der Waals surface area contributed by atoms with Crippen molar-refractivity contribution in [2.45, 2.75) is 6.92 Å². The van der Waals surface area contributed by atoms with Crippen LogP contribution in [0.3, 0.4) is 0 Å². The third-order valence-electron chi connectivity index (χ3n) is 2.46. The molecule has 0 unspecified atom stereocenters. The monoisotopic (exact) mass is 306 g/mol. The van der Waals surface area contributed by atoms with Crippen molar-refractivity contribution in [1.82, 2.24) is 9.97 Å². The van der Waals surface area contributed by atoms with Crippen LogP contribution in [0.1, 0.15) is 16.2 Å². The Morgan fingerprint density at radius 2 is 1.67 bits per heavy atom. The first-order valence-corrected chi connectivity index (χ1v) is 7.90. The van der Waals surface area contributed by atoms with Crippen LogP contribution in [0.2, 0.25) is 0 Å². The van der Waals surface area contributed by atoms with Gasteiger partial charge in [-0.2, -0.15) is 0 Å². The van der Waals surface area contributed by atoms with Gasteiger partial charge in [-0.3, -0.25) is 14.5 Å². The normalized spacial score (nSPS) is 11.0. The van der Waals surface area contributed by atoms with Crippen molar-refractivity contribution in [3.8, 4) is 0 Å². The molecular formula is C13H14N4O3S. The molecule has 0 bridgehead atoms. The van der Waals surface area contributed by atoms with E-state index in [1.54, 1.807) is 31.2 Å². The molecule has 2 aromatic rings. The topological polar surface area (TPSA) is 101 Å². The molecule has 0 aliphatic heterocycles. The Balaban J connectivity index is 2.06. The van der Waals surface area contributed by atoms with E-state index in [4.69, 9.17) is 0 Å². The number of aryl methyl sites for hydroxylation is 1. The molecule has 7 nitrogen and oxygen atoms in total. The lowest BCUT2D eigenvalue weighted by Gasteiger charge is -2.07. The van der Waals surface area contributed by atoms with Gasteiger partial charge in [0, 0.05) is 17.6 Å². The summed E-state index contributed by atoms with van der Waals surface area (Å²) in [6.45, 7) is 1.78. The molecule has 0 radical (unpaired) electrons. The van der Waals surface area contributed by atoms with Crippen molar-refractivity contribution in [3.05, 3.63) is 48.0 Å². The number of hydrogen-bond donors (Lipinski definition) is 2. The lowest BCUT2D eigenvalue weighted by Crippen LogP contribution is -2.14. The molecule has 0 atom stereocenters. The molecule has 0 fully saturated rings. The van der Waals surface area contributed by atoms with Crippen molar-refractivity contribution >= 4 is 27.3 Å². The van der Waals surface area contributed by atoms with Gasteiger partial charge in [0.05, 0.1) is 18.1 Å². The molecule has 21 heavy (non-hydrogen) atoms. The van der Waals surface area contributed by atoms with Crippen LogP contribution in [0.25, 0.3) is 0 Å². The van der Waals surface area contributed by atoms with Crippen LogP contribution >= 0.6 is 0 Å². The van der Waals surface area contributed by atoms with E-state index in [2.05, 4.69) is 20.0 Å². The number of aromatic nitrogens is 2. The maximum Gasteiger partial charge on any atom is 0.275 e. The van der Waals surface area contributed by atoms with Gasteiger partial charge >= 0.3 is 0 Å². The van der Waals surface area contributed by atoms with Gasteiger partial charge in [-0.15, -0.1) is 0 Å². The minimum Gasteiger partial charge on any atom is -0.321 e. The summed E-state index contributed by atoms with van der Waals surface area (Å²) in [4.78, 5) is 19.9. The summed E-state index contributed by atoms with van der Waals surface area (Å²) < 4.78 is 24.5. The Hall–Kier alpha value is -2.48. The Morgan fingerprint density at radius 3 is 2.19 bits per heavy atom. The van der Waals surface area contributed by atoms with Crippen LogP contribution in [0.5, 0.6) is 0 Å². The zero-order valence-electron chi connectivity index (χ0n) is 11.5. The maximum atomic E-state index is 11.9. The zero-order valence-corrected chi connectivity index (χ0v) is 12.3. The molecule has 2 N–H and O–H groups in total. The number of carbonyl (C=O) groups is 1. The third kappa shape index (κ3) is 4.53. The van der Waals surface area contributed by atoms with Gasteiger partial charge in [0.1, 0.15) is 5.69 Å². The zero-order chi connectivity index (χ0) is 15.5. The average Bonchev–Trinajstić information content (AvgIpc) is 2.40. The predicted molar refractivity (Wildman–Crippen MR) is 79.6 cm³/mol. The highest BCUT2D eigenvalue weighted by molar-refractivity contribution is 7.92. The Morgan fingerprint density at radius 1 is 1.05 bits per heavy atom. The quantitative estimate of drug-likeness (QED) is 0.889. The van der Waals surface area contributed by atoms with E-state index in [-0.39, 0.29) is 11.6 Å². The standard InChI is InChI=1S/C13H14N4O3S/c1-9-7-15-12(8-14-9)13(18)16-10-3-5-11(6-4-10)17-21(2,19)20/h3-8,17H,1-2H3,(H,16,18). The van der Waals surface area contributed by atoms with Crippen molar-refractivity contribution in [3.63, 3.8) is 0 Å². The fourth-order valence-corrected chi connectivity index (χ4v) is 2.10. The summed E-state index contributed by atoms with van der Waals surface area (Å²) in [5.74, 6) is -0.383. The molecule has 0 aliphatic rings. The number of nitrogens with one attached hydrogen (secondary N) is 2. The van der Waals surface area contributed by atoms with Gasteiger partial charge in [-0.25, -0.2) is 13.4 Å². The number of rotatable bonds is 4. The smallest absolute Gasteiger partial charge is 0.275 e. The van der Waals surface area contributed by atoms with Gasteiger partial charge in [0.25, 0.3) is 5.91 Å². The first kappa shape index (κ1) is 14.9. The van der Waals surface area contributed by atoms with Crippen LogP contribution in [-0.4, -0.2) is 30.5 Å². The second-order valence-corrected chi connectivity index (χ2v) is 6.20. The molecule has 110 valence electrons. The predicted octanol–water partition coefficient (Wildman–Crippen LogP) is 1.41. The molecule has 0 saturated carbocycles. The first-order chi connectivity index (χ1) is 9.83. The first-order valence-electron chi connectivity index (χ1n) is 6.01. The maximum absolute atomic E-state index is 11.9. The van der Waals surface area contributed by atoms with E-state index >= 15 is 0 Å². The summed E-state index contributed by atoms with van der Waals surface area (Å²) in [6.07, 6.45) is 3.97. The van der Waals surface area contributed by atoms with E-state index in [0.29, 0.717) is 11.4 Å². The van der Waals surface area contributed by atoms with Crippen LogP contribution in [0.4, 0.5) is 11.4 Å². The highest BCUT2D eigenvalue weighted by Crippen LogP contribution is 2.15. The van der Waals surface area contributed by atoms with E-state index < -0.39 is 10.0 Å². The van der Waals surface area contributed by atoms with Crippen molar-refractivity contribution < 1.29 is 13.2 Å². The van der Waals surface area contributed by atoms with Crippen LogP contribution in [0, 0.1) is 6.92 Å². The number of anilines is 2. The average molecular weight is 306 g/mol. The number of sulfonamides is 1. The molecule has 0 saturated heterocycles. The summed E-state index contributed by atoms with van der Waals surface area (Å²) in [6, 6.07) is 6.29. The van der Waals surface area contributed by atoms with Crippen LogP contribution in [0.15, 0.2) is 36.7 Å². The summed E-state index contributed by atoms with van der Waals surface area (Å²) in [5, 5.41) is 2.65. The minimum absolute atomic E-state index is 0.207. The summed E-state index contributed by atoms with van der Waals surface area (Å²) >= 11 is 0. The van der Waals surface area contributed by atoms with E-state index in [0.717, 1.165) is 11.9 Å². The Kier molecular flexibility index (Phi) is 4.18. The molecule has 8 heteroatoms. The highest BCUT2D eigenvalue weighted by Gasteiger charge is 2.08. The van der Waals surface area contributed by atoms with Gasteiger partial charge in [-0.1, -0.05) is 0 Å². The lowest BCUT2D eigenvalue weighted by molar-refractivity contribution is 0.102. The van der Waals surface area contributed by atoms with Gasteiger partial charge in [0.2, 0.25) is 10.0 Å². The van der Waals surface area contributed by atoms with E-state index in [1.165, 1.54) is 12.4 Å².